The molecule has 0 bridgehead atoms. The topological polar surface area (TPSA) is 74.2 Å². The summed E-state index contributed by atoms with van der Waals surface area (Å²) in [5, 5.41) is 2.98. The minimum absolute atomic E-state index is 0.0771. The van der Waals surface area contributed by atoms with Crippen LogP contribution in [0.1, 0.15) is 26.7 Å². The van der Waals surface area contributed by atoms with Crippen LogP contribution in [-0.4, -0.2) is 53.6 Å². The van der Waals surface area contributed by atoms with Gasteiger partial charge in [0, 0.05) is 26.2 Å². The molecule has 2 heterocycles. The number of nitrogens with zero attached hydrogens (tertiary/aromatic N) is 5. The summed E-state index contributed by atoms with van der Waals surface area (Å²) in [7, 11) is 1.76. The average molecular weight is 313 g/mol. The number of rotatable bonds is 5. The smallest absolute Gasteiger partial charge is 0.239 e. The van der Waals surface area contributed by atoms with E-state index in [9.17, 15) is 4.79 Å². The highest BCUT2D eigenvalue weighted by atomic mass is 35.5. The maximum absolute atomic E-state index is 11.8. The van der Waals surface area contributed by atoms with Crippen LogP contribution in [0.3, 0.4) is 0 Å². The molecule has 8 heteroatoms. The van der Waals surface area contributed by atoms with Crippen molar-refractivity contribution in [2.45, 2.75) is 32.7 Å². The first kappa shape index (κ1) is 15.8. The lowest BCUT2D eigenvalue weighted by molar-refractivity contribution is -0.120. The highest BCUT2D eigenvalue weighted by molar-refractivity contribution is 6.28. The number of halogens is 1. The van der Waals surface area contributed by atoms with Gasteiger partial charge in [-0.15, -0.1) is 0 Å². The zero-order chi connectivity index (χ0) is 15.4. The number of aromatic nitrogens is 3. The summed E-state index contributed by atoms with van der Waals surface area (Å²) in [6.45, 7) is 5.87. The molecule has 1 aliphatic rings. The van der Waals surface area contributed by atoms with E-state index in [1.165, 1.54) is 0 Å². The van der Waals surface area contributed by atoms with Crippen molar-refractivity contribution in [3.8, 4) is 0 Å². The molecule has 0 spiro atoms. The van der Waals surface area contributed by atoms with Gasteiger partial charge in [0.05, 0.1) is 6.54 Å². The number of anilines is 2. The summed E-state index contributed by atoms with van der Waals surface area (Å²) >= 11 is 5.98. The molecule has 1 amide bonds. The minimum Gasteiger partial charge on any atom is -0.352 e. The molecule has 1 aromatic heterocycles. The lowest BCUT2D eigenvalue weighted by Crippen LogP contribution is -2.39. The van der Waals surface area contributed by atoms with Gasteiger partial charge < -0.3 is 15.1 Å². The molecule has 1 N–H and O–H groups in total. The number of carbonyl (C=O) groups is 1. The first-order chi connectivity index (χ1) is 9.95. The van der Waals surface area contributed by atoms with Gasteiger partial charge in [-0.1, -0.05) is 0 Å². The van der Waals surface area contributed by atoms with Crippen molar-refractivity contribution in [3.05, 3.63) is 5.28 Å². The number of carbonyl (C=O) groups excluding carboxylic acids is 1. The normalized spacial score (nSPS) is 14.6. The van der Waals surface area contributed by atoms with Crippen LogP contribution in [0.5, 0.6) is 0 Å². The Morgan fingerprint density at radius 1 is 1.33 bits per heavy atom. The largest absolute Gasteiger partial charge is 0.352 e. The van der Waals surface area contributed by atoms with Crippen LogP contribution < -0.4 is 15.1 Å². The zero-order valence-corrected chi connectivity index (χ0v) is 13.4. The van der Waals surface area contributed by atoms with E-state index in [4.69, 9.17) is 11.6 Å². The summed E-state index contributed by atoms with van der Waals surface area (Å²) in [5.41, 5.74) is 0. The summed E-state index contributed by atoms with van der Waals surface area (Å²) in [4.78, 5) is 28.2. The van der Waals surface area contributed by atoms with Gasteiger partial charge in [0.15, 0.2) is 0 Å². The maximum atomic E-state index is 11.8. The first-order valence-electron chi connectivity index (χ1n) is 7.12. The molecule has 21 heavy (non-hydrogen) atoms. The molecular weight excluding hydrogens is 292 g/mol. The van der Waals surface area contributed by atoms with Crippen LogP contribution in [0, 0.1) is 0 Å². The molecule has 1 aliphatic heterocycles. The number of likely N-dealkylation sites (N-methyl/N-ethyl adjacent to an activating group) is 1. The van der Waals surface area contributed by atoms with Crippen molar-refractivity contribution >= 4 is 29.4 Å². The number of amides is 1. The summed E-state index contributed by atoms with van der Waals surface area (Å²) in [5.74, 6) is 0.918. The van der Waals surface area contributed by atoms with Crippen molar-refractivity contribution < 1.29 is 4.79 Å². The maximum Gasteiger partial charge on any atom is 0.239 e. The van der Waals surface area contributed by atoms with Gasteiger partial charge in [0.1, 0.15) is 0 Å². The highest BCUT2D eigenvalue weighted by Crippen LogP contribution is 2.19. The van der Waals surface area contributed by atoms with Crippen LogP contribution in [0.2, 0.25) is 5.28 Å². The van der Waals surface area contributed by atoms with Gasteiger partial charge in [-0.2, -0.15) is 15.0 Å². The number of hydrogen-bond donors (Lipinski definition) is 1. The predicted octanol–water partition coefficient (Wildman–Crippen LogP) is 1.09. The first-order valence-corrected chi connectivity index (χ1v) is 7.50. The Balaban J connectivity index is 2.09. The Kier molecular flexibility index (Phi) is 5.17. The molecule has 0 radical (unpaired) electrons. The van der Waals surface area contributed by atoms with Gasteiger partial charge in [0.2, 0.25) is 23.1 Å². The van der Waals surface area contributed by atoms with Gasteiger partial charge in [-0.05, 0) is 38.3 Å². The van der Waals surface area contributed by atoms with Crippen LogP contribution in [-0.2, 0) is 4.79 Å². The number of nitrogens with one attached hydrogen (secondary N) is 1. The van der Waals surface area contributed by atoms with Crippen molar-refractivity contribution in [3.63, 3.8) is 0 Å². The summed E-state index contributed by atoms with van der Waals surface area (Å²) in [6, 6.07) is 0.105. The lowest BCUT2D eigenvalue weighted by atomic mass is 10.4. The Hall–Kier alpha value is -1.63. The van der Waals surface area contributed by atoms with E-state index in [1.54, 1.807) is 11.9 Å². The fraction of sp³-hybridized carbons (Fsp3) is 0.692. The molecule has 2 rings (SSSR count). The number of hydrogen-bond acceptors (Lipinski definition) is 6. The molecule has 116 valence electrons. The second-order valence-corrected chi connectivity index (χ2v) is 5.81. The monoisotopic (exact) mass is 312 g/mol. The van der Waals surface area contributed by atoms with Crippen molar-refractivity contribution in [2.75, 3.05) is 36.5 Å². The van der Waals surface area contributed by atoms with Crippen molar-refractivity contribution in [2.24, 2.45) is 0 Å². The molecule has 0 unspecified atom stereocenters. The molecule has 1 aromatic rings. The third kappa shape index (κ3) is 4.42. The molecule has 1 saturated heterocycles. The Labute approximate surface area is 129 Å². The van der Waals surface area contributed by atoms with Gasteiger partial charge in [0.25, 0.3) is 0 Å². The van der Waals surface area contributed by atoms with Crippen LogP contribution in [0.25, 0.3) is 0 Å². The van der Waals surface area contributed by atoms with E-state index in [0.717, 1.165) is 25.9 Å². The Bertz CT molecular complexity index is 503. The molecule has 7 nitrogen and oxygen atoms in total. The fourth-order valence-corrected chi connectivity index (χ4v) is 2.36. The van der Waals surface area contributed by atoms with Crippen LogP contribution >= 0.6 is 11.6 Å². The zero-order valence-electron chi connectivity index (χ0n) is 12.6. The second-order valence-electron chi connectivity index (χ2n) is 5.48. The summed E-state index contributed by atoms with van der Waals surface area (Å²) < 4.78 is 0. The van der Waals surface area contributed by atoms with Crippen molar-refractivity contribution in [1.29, 1.82) is 0 Å². The van der Waals surface area contributed by atoms with E-state index < -0.39 is 0 Å². The quantitative estimate of drug-likeness (QED) is 0.877. The predicted molar refractivity (Wildman–Crippen MR) is 82.8 cm³/mol. The van der Waals surface area contributed by atoms with E-state index in [1.807, 2.05) is 13.8 Å². The average Bonchev–Trinajstić information content (AvgIpc) is 2.90. The SMILES string of the molecule is CC(C)NC(=O)CN(C)c1nc(Cl)nc(N2CCCC2)n1. The fourth-order valence-electron chi connectivity index (χ4n) is 2.21. The third-order valence-corrected chi connectivity index (χ3v) is 3.31. The van der Waals surface area contributed by atoms with Gasteiger partial charge >= 0.3 is 0 Å². The lowest BCUT2D eigenvalue weighted by Gasteiger charge is -2.20. The van der Waals surface area contributed by atoms with Crippen LogP contribution in [0.4, 0.5) is 11.9 Å². The van der Waals surface area contributed by atoms with Gasteiger partial charge in [-0.3, -0.25) is 4.79 Å². The standard InChI is InChI=1S/C13H21ClN6O/c1-9(2)15-10(21)8-19(3)12-16-11(14)17-13(18-12)20-6-4-5-7-20/h9H,4-8H2,1-3H3,(H,15,21). The Morgan fingerprint density at radius 3 is 2.62 bits per heavy atom. The van der Waals surface area contributed by atoms with Gasteiger partial charge in [-0.25, -0.2) is 0 Å². The van der Waals surface area contributed by atoms with E-state index >= 15 is 0 Å². The van der Waals surface area contributed by atoms with E-state index in [-0.39, 0.29) is 23.8 Å². The van der Waals surface area contributed by atoms with E-state index in [0.29, 0.717) is 11.9 Å². The molecular formula is C13H21ClN6O. The van der Waals surface area contributed by atoms with Crippen molar-refractivity contribution in [1.82, 2.24) is 20.3 Å². The van der Waals surface area contributed by atoms with Crippen LogP contribution in [0.15, 0.2) is 0 Å². The molecule has 0 saturated carbocycles. The highest BCUT2D eigenvalue weighted by Gasteiger charge is 2.19. The molecule has 0 atom stereocenters. The van der Waals surface area contributed by atoms with E-state index in [2.05, 4.69) is 25.2 Å². The molecule has 0 aromatic carbocycles. The summed E-state index contributed by atoms with van der Waals surface area (Å²) in [6.07, 6.45) is 2.26. The third-order valence-electron chi connectivity index (χ3n) is 3.15. The molecule has 1 fully saturated rings. The minimum atomic E-state index is -0.0771. The Morgan fingerprint density at radius 2 is 2.00 bits per heavy atom. The second kappa shape index (κ2) is 6.89. The molecule has 0 aliphatic carbocycles.